The molecule has 10 nitrogen and oxygen atoms in total. The molecular formula is C30H33F4N9O. The molecule has 0 aliphatic carbocycles. The van der Waals surface area contributed by atoms with Crippen molar-refractivity contribution in [1.29, 1.82) is 0 Å². The van der Waals surface area contributed by atoms with E-state index in [-0.39, 0.29) is 17.5 Å². The maximum Gasteiger partial charge on any atom is 0.401 e. The Morgan fingerprint density at radius 2 is 1.82 bits per heavy atom. The van der Waals surface area contributed by atoms with Gasteiger partial charge in [0, 0.05) is 75.1 Å². The largest absolute Gasteiger partial charge is 0.401 e. The molecule has 1 atom stereocenters. The summed E-state index contributed by atoms with van der Waals surface area (Å²) in [5.41, 5.74) is 2.67. The molecule has 1 aliphatic heterocycles. The number of para-hydroxylation sites is 1. The summed E-state index contributed by atoms with van der Waals surface area (Å²) in [5, 5.41) is 6.24. The Morgan fingerprint density at radius 1 is 1.09 bits per heavy atom. The van der Waals surface area contributed by atoms with Gasteiger partial charge in [0.05, 0.1) is 29.5 Å². The van der Waals surface area contributed by atoms with Crippen molar-refractivity contribution in [2.24, 2.45) is 0 Å². The number of nitrogens with zero attached hydrogens (tertiary/aromatic N) is 7. The Balaban J connectivity index is 1.23. The molecule has 1 fully saturated rings. The number of anilines is 2. The summed E-state index contributed by atoms with van der Waals surface area (Å²) in [7, 11) is 3.31. The highest BCUT2D eigenvalue weighted by atomic mass is 19.4. The van der Waals surface area contributed by atoms with Crippen molar-refractivity contribution in [3.8, 4) is 11.3 Å². The van der Waals surface area contributed by atoms with Gasteiger partial charge in [-0.2, -0.15) is 13.2 Å². The van der Waals surface area contributed by atoms with Crippen molar-refractivity contribution in [3.63, 3.8) is 0 Å². The van der Waals surface area contributed by atoms with Crippen LogP contribution in [0.2, 0.25) is 0 Å². The van der Waals surface area contributed by atoms with Crippen LogP contribution in [0.5, 0.6) is 0 Å². The number of aromatic nitrogens is 5. The van der Waals surface area contributed by atoms with E-state index in [2.05, 4.69) is 35.6 Å². The van der Waals surface area contributed by atoms with Crippen LogP contribution < -0.4 is 15.5 Å². The van der Waals surface area contributed by atoms with E-state index < -0.39 is 24.4 Å². The van der Waals surface area contributed by atoms with Crippen LogP contribution in [0.3, 0.4) is 0 Å². The fourth-order valence-electron chi connectivity index (χ4n) is 5.47. The normalized spacial score (nSPS) is 15.2. The Kier molecular flexibility index (Phi) is 9.18. The van der Waals surface area contributed by atoms with Crippen molar-refractivity contribution < 1.29 is 22.4 Å². The van der Waals surface area contributed by atoms with E-state index in [0.717, 1.165) is 11.8 Å². The number of halogens is 4. The first-order valence-electron chi connectivity index (χ1n) is 14.2. The first-order valence-corrected chi connectivity index (χ1v) is 14.2. The summed E-state index contributed by atoms with van der Waals surface area (Å²) in [6.07, 6.45) is 2.83. The lowest BCUT2D eigenvalue weighted by atomic mass is 9.96. The lowest BCUT2D eigenvalue weighted by Crippen LogP contribution is -2.46. The summed E-state index contributed by atoms with van der Waals surface area (Å²) < 4.78 is 52.6. The summed E-state index contributed by atoms with van der Waals surface area (Å²) in [6.45, 7) is 2.33. The van der Waals surface area contributed by atoms with E-state index in [9.17, 15) is 22.4 Å². The molecule has 0 radical (unpaired) electrons. The van der Waals surface area contributed by atoms with E-state index in [1.807, 2.05) is 24.9 Å². The fraction of sp³-hybridized carbons (Fsp3) is 0.400. The molecule has 0 saturated carbocycles. The number of carbonyl (C=O) groups excluding carboxylic acids is 1. The second kappa shape index (κ2) is 13.0. The number of piperidine rings is 1. The zero-order valence-electron chi connectivity index (χ0n) is 24.6. The zero-order chi connectivity index (χ0) is 31.4. The minimum atomic E-state index is -4.19. The van der Waals surface area contributed by atoms with Crippen molar-refractivity contribution in [2.75, 3.05) is 50.5 Å². The molecule has 5 rings (SSSR count). The van der Waals surface area contributed by atoms with Crippen molar-refractivity contribution in [3.05, 3.63) is 66.1 Å². The van der Waals surface area contributed by atoms with Gasteiger partial charge in [-0.1, -0.05) is 25.1 Å². The smallest absolute Gasteiger partial charge is 0.369 e. The SMILES string of the molecule is CNC(=O)c1c(F)cnc2c([C@H](C)CNc3cc(-c4cnc(N(C)C5CCN(CC(F)(F)F)CC5)nc4)ncn3)cccc12. The van der Waals surface area contributed by atoms with Crippen LogP contribution in [-0.4, -0.2) is 88.2 Å². The van der Waals surface area contributed by atoms with E-state index in [1.54, 1.807) is 30.6 Å². The molecule has 1 saturated heterocycles. The highest BCUT2D eigenvalue weighted by molar-refractivity contribution is 6.06. The van der Waals surface area contributed by atoms with Crippen molar-refractivity contribution in [2.45, 2.75) is 37.9 Å². The number of hydrogen-bond donors (Lipinski definition) is 2. The van der Waals surface area contributed by atoms with Crippen LogP contribution in [0, 0.1) is 5.82 Å². The Bertz CT molecular complexity index is 1610. The molecule has 4 aromatic rings. The topological polar surface area (TPSA) is 112 Å². The quantitative estimate of drug-likeness (QED) is 0.261. The summed E-state index contributed by atoms with van der Waals surface area (Å²) in [5.74, 6) is -0.181. The lowest BCUT2D eigenvalue weighted by Gasteiger charge is -2.36. The second-order valence-corrected chi connectivity index (χ2v) is 10.9. The number of nitrogens with one attached hydrogen (secondary N) is 2. The first kappa shape index (κ1) is 31.0. The number of pyridine rings is 1. The van der Waals surface area contributed by atoms with E-state index >= 15 is 0 Å². The van der Waals surface area contributed by atoms with Gasteiger partial charge in [-0.15, -0.1) is 0 Å². The van der Waals surface area contributed by atoms with Crippen LogP contribution in [0.1, 0.15) is 41.6 Å². The van der Waals surface area contributed by atoms with Crippen molar-refractivity contribution >= 4 is 28.6 Å². The molecule has 44 heavy (non-hydrogen) atoms. The van der Waals surface area contributed by atoms with Gasteiger partial charge in [-0.25, -0.2) is 24.3 Å². The number of hydrogen-bond acceptors (Lipinski definition) is 9. The average molecular weight is 612 g/mol. The standard InChI is InChI=1S/C30H33F4N9O/c1-18(21-5-4-6-22-26(28(44)35-2)23(31)15-37-27(21)22)12-36-25-11-24(40-17-41-25)19-13-38-29(39-14-19)42(3)20-7-9-43(10-8-20)16-30(32,33)34/h4-6,11,13-15,17-18,20H,7-10,12,16H2,1-3H3,(H,35,44)(H,36,40,41)/t18-/m1/s1. The van der Waals surface area contributed by atoms with Crippen LogP contribution in [0.4, 0.5) is 29.3 Å². The molecule has 2 N–H and O–H groups in total. The monoisotopic (exact) mass is 611 g/mol. The number of benzene rings is 1. The molecule has 4 heterocycles. The molecule has 0 spiro atoms. The third-order valence-electron chi connectivity index (χ3n) is 7.88. The number of rotatable bonds is 9. The number of likely N-dealkylation sites (tertiary alicyclic amines) is 1. The third-order valence-corrected chi connectivity index (χ3v) is 7.88. The molecule has 14 heteroatoms. The molecule has 232 valence electrons. The lowest BCUT2D eigenvalue weighted by molar-refractivity contribution is -0.147. The number of alkyl halides is 3. The highest BCUT2D eigenvalue weighted by Crippen LogP contribution is 2.29. The third kappa shape index (κ3) is 7.01. The minimum Gasteiger partial charge on any atom is -0.369 e. The number of fused-ring (bicyclic) bond motifs is 1. The molecule has 1 aliphatic rings. The second-order valence-electron chi connectivity index (χ2n) is 10.9. The molecular weight excluding hydrogens is 578 g/mol. The van der Waals surface area contributed by atoms with Gasteiger partial charge in [0.1, 0.15) is 12.1 Å². The number of carbonyl (C=O) groups is 1. The summed E-state index contributed by atoms with van der Waals surface area (Å²) in [4.78, 5) is 37.6. The van der Waals surface area contributed by atoms with Gasteiger partial charge in [-0.3, -0.25) is 14.7 Å². The molecule has 1 aromatic carbocycles. The van der Waals surface area contributed by atoms with Crippen molar-refractivity contribution in [1.82, 2.24) is 35.1 Å². The predicted octanol–water partition coefficient (Wildman–Crippen LogP) is 4.66. The fourth-order valence-corrected chi connectivity index (χ4v) is 5.47. The first-order chi connectivity index (χ1) is 21.0. The Hall–Kier alpha value is -4.46. The number of amides is 1. The van der Waals surface area contributed by atoms with Gasteiger partial charge < -0.3 is 15.5 Å². The molecule has 0 bridgehead atoms. The van der Waals surface area contributed by atoms with Gasteiger partial charge in [-0.05, 0) is 18.4 Å². The minimum absolute atomic E-state index is 0.0364. The van der Waals surface area contributed by atoms with Gasteiger partial charge >= 0.3 is 6.18 Å². The maximum absolute atomic E-state index is 14.4. The van der Waals surface area contributed by atoms with E-state index in [1.165, 1.54) is 18.3 Å². The highest BCUT2D eigenvalue weighted by Gasteiger charge is 2.33. The van der Waals surface area contributed by atoms with Gasteiger partial charge in [0.2, 0.25) is 5.95 Å². The van der Waals surface area contributed by atoms with E-state index in [0.29, 0.717) is 66.4 Å². The molecule has 3 aromatic heterocycles. The summed E-state index contributed by atoms with van der Waals surface area (Å²) >= 11 is 0. The van der Waals surface area contributed by atoms with Gasteiger partial charge in [0.15, 0.2) is 5.82 Å². The zero-order valence-corrected chi connectivity index (χ0v) is 24.6. The van der Waals surface area contributed by atoms with Crippen LogP contribution in [-0.2, 0) is 0 Å². The van der Waals surface area contributed by atoms with E-state index in [4.69, 9.17) is 0 Å². The molecule has 0 unspecified atom stereocenters. The maximum atomic E-state index is 14.4. The van der Waals surface area contributed by atoms with Crippen LogP contribution in [0.25, 0.3) is 22.2 Å². The van der Waals surface area contributed by atoms with Gasteiger partial charge in [0.25, 0.3) is 5.91 Å². The molecule has 1 amide bonds. The Morgan fingerprint density at radius 3 is 2.50 bits per heavy atom. The summed E-state index contributed by atoms with van der Waals surface area (Å²) in [6, 6.07) is 7.20. The predicted molar refractivity (Wildman–Crippen MR) is 159 cm³/mol. The Labute approximate surface area is 252 Å². The average Bonchev–Trinajstić information content (AvgIpc) is 3.02. The van der Waals surface area contributed by atoms with Crippen LogP contribution in [0.15, 0.2) is 49.2 Å². The van der Waals surface area contributed by atoms with Crippen LogP contribution >= 0.6 is 0 Å².